The van der Waals surface area contributed by atoms with Crippen molar-refractivity contribution in [1.82, 2.24) is 10.6 Å². The normalized spacial score (nSPS) is 13.6. The van der Waals surface area contributed by atoms with E-state index in [9.17, 15) is 9.59 Å². The second-order valence-corrected chi connectivity index (χ2v) is 2.59. The third-order valence-corrected chi connectivity index (χ3v) is 1.32. The standard InChI is InChI=1S/C7H12N4O2/c1-4(3-8)10-7(13)11-5(2)6(9)12/h4-5H,1-2H3,(H2,9,12)(H2,10,11,13). The van der Waals surface area contributed by atoms with Gasteiger partial charge in [-0.2, -0.15) is 5.26 Å². The number of nitrogens with two attached hydrogens (primary N) is 1. The summed E-state index contributed by atoms with van der Waals surface area (Å²) in [5, 5.41) is 12.9. The smallest absolute Gasteiger partial charge is 0.316 e. The molecule has 0 saturated carbocycles. The fraction of sp³-hybridized carbons (Fsp3) is 0.571. The van der Waals surface area contributed by atoms with E-state index in [2.05, 4.69) is 10.6 Å². The summed E-state index contributed by atoms with van der Waals surface area (Å²) < 4.78 is 0. The first kappa shape index (κ1) is 11.2. The molecule has 13 heavy (non-hydrogen) atoms. The van der Waals surface area contributed by atoms with Gasteiger partial charge in [0.15, 0.2) is 0 Å². The molecule has 6 nitrogen and oxygen atoms in total. The fourth-order valence-electron chi connectivity index (χ4n) is 0.538. The van der Waals surface area contributed by atoms with E-state index >= 15 is 0 Å². The first-order chi connectivity index (χ1) is 5.97. The molecular weight excluding hydrogens is 172 g/mol. The summed E-state index contributed by atoms with van der Waals surface area (Å²) >= 11 is 0. The highest BCUT2D eigenvalue weighted by molar-refractivity contribution is 5.85. The summed E-state index contributed by atoms with van der Waals surface area (Å²) in [6.45, 7) is 2.98. The van der Waals surface area contributed by atoms with Gasteiger partial charge in [-0.1, -0.05) is 0 Å². The van der Waals surface area contributed by atoms with Crippen LogP contribution in [-0.4, -0.2) is 24.0 Å². The zero-order valence-electron chi connectivity index (χ0n) is 7.50. The Balaban J connectivity index is 3.89. The van der Waals surface area contributed by atoms with E-state index in [4.69, 9.17) is 11.0 Å². The van der Waals surface area contributed by atoms with E-state index in [-0.39, 0.29) is 0 Å². The van der Waals surface area contributed by atoms with Crippen LogP contribution in [0.25, 0.3) is 0 Å². The average molecular weight is 184 g/mol. The molecule has 4 N–H and O–H groups in total. The van der Waals surface area contributed by atoms with Crippen LogP contribution in [0.2, 0.25) is 0 Å². The van der Waals surface area contributed by atoms with Crippen LogP contribution in [0, 0.1) is 11.3 Å². The second-order valence-electron chi connectivity index (χ2n) is 2.59. The Kier molecular flexibility index (Phi) is 4.30. The van der Waals surface area contributed by atoms with E-state index in [1.807, 2.05) is 6.07 Å². The lowest BCUT2D eigenvalue weighted by Gasteiger charge is -2.11. The maximum atomic E-state index is 10.9. The number of carbonyl (C=O) groups is 2. The number of nitriles is 1. The highest BCUT2D eigenvalue weighted by Gasteiger charge is 2.12. The highest BCUT2D eigenvalue weighted by Crippen LogP contribution is 1.81. The molecule has 6 heteroatoms. The molecule has 0 aliphatic carbocycles. The van der Waals surface area contributed by atoms with Crippen molar-refractivity contribution in [3.63, 3.8) is 0 Å². The van der Waals surface area contributed by atoms with E-state index in [1.54, 1.807) is 0 Å². The number of primary amides is 1. The largest absolute Gasteiger partial charge is 0.368 e. The number of hydrogen-bond donors (Lipinski definition) is 3. The van der Waals surface area contributed by atoms with Crippen molar-refractivity contribution in [3.8, 4) is 6.07 Å². The van der Waals surface area contributed by atoms with E-state index < -0.39 is 24.0 Å². The van der Waals surface area contributed by atoms with Gasteiger partial charge < -0.3 is 16.4 Å². The Morgan fingerprint density at radius 3 is 2.31 bits per heavy atom. The molecule has 0 aromatic carbocycles. The molecule has 0 spiro atoms. The van der Waals surface area contributed by atoms with Gasteiger partial charge in [-0.3, -0.25) is 4.79 Å². The Morgan fingerprint density at radius 2 is 1.92 bits per heavy atom. The summed E-state index contributed by atoms with van der Waals surface area (Å²) in [5.41, 5.74) is 4.90. The van der Waals surface area contributed by atoms with E-state index in [0.29, 0.717) is 0 Å². The molecule has 3 amide bonds. The van der Waals surface area contributed by atoms with Crippen molar-refractivity contribution in [2.45, 2.75) is 25.9 Å². The van der Waals surface area contributed by atoms with Gasteiger partial charge in [0, 0.05) is 0 Å². The fourth-order valence-corrected chi connectivity index (χ4v) is 0.538. The number of hydrogen-bond acceptors (Lipinski definition) is 3. The zero-order chi connectivity index (χ0) is 10.4. The quantitative estimate of drug-likeness (QED) is 0.527. The summed E-state index contributed by atoms with van der Waals surface area (Å²) in [6, 6.07) is -0.115. The summed E-state index contributed by atoms with van der Waals surface area (Å²) in [4.78, 5) is 21.5. The van der Waals surface area contributed by atoms with Crippen molar-refractivity contribution >= 4 is 11.9 Å². The van der Waals surface area contributed by atoms with Crippen molar-refractivity contribution in [1.29, 1.82) is 5.26 Å². The van der Waals surface area contributed by atoms with Crippen molar-refractivity contribution in [2.75, 3.05) is 0 Å². The molecule has 0 fully saturated rings. The molecule has 0 aliphatic rings. The lowest BCUT2D eigenvalue weighted by Crippen LogP contribution is -2.48. The molecule has 2 atom stereocenters. The SMILES string of the molecule is CC(C#N)NC(=O)NC(C)C(N)=O. The van der Waals surface area contributed by atoms with Crippen LogP contribution in [-0.2, 0) is 4.79 Å². The van der Waals surface area contributed by atoms with Crippen LogP contribution in [0.3, 0.4) is 0 Å². The number of carbonyl (C=O) groups excluding carboxylic acids is 2. The number of nitrogens with zero attached hydrogens (tertiary/aromatic N) is 1. The molecule has 72 valence electrons. The molecule has 0 heterocycles. The number of amides is 3. The molecule has 0 radical (unpaired) electrons. The van der Waals surface area contributed by atoms with E-state index in [1.165, 1.54) is 13.8 Å². The van der Waals surface area contributed by atoms with Gasteiger partial charge in [-0.05, 0) is 13.8 Å². The number of nitrogens with one attached hydrogen (secondary N) is 2. The predicted molar refractivity (Wildman–Crippen MR) is 45.4 cm³/mol. The van der Waals surface area contributed by atoms with Gasteiger partial charge in [0.25, 0.3) is 0 Å². The van der Waals surface area contributed by atoms with Crippen molar-refractivity contribution < 1.29 is 9.59 Å². The monoisotopic (exact) mass is 184 g/mol. The highest BCUT2D eigenvalue weighted by atomic mass is 16.2. The lowest BCUT2D eigenvalue weighted by atomic mass is 10.3. The first-order valence-electron chi connectivity index (χ1n) is 3.73. The molecule has 2 unspecified atom stereocenters. The van der Waals surface area contributed by atoms with Gasteiger partial charge in [0.2, 0.25) is 5.91 Å². The molecule has 0 saturated heterocycles. The Bertz CT molecular complexity index is 245. The Hall–Kier alpha value is -1.77. The van der Waals surface area contributed by atoms with Crippen LogP contribution in [0.15, 0.2) is 0 Å². The molecule has 0 aromatic rings. The van der Waals surface area contributed by atoms with Gasteiger partial charge in [-0.25, -0.2) is 4.79 Å². The predicted octanol–water partition coefficient (Wildman–Crippen LogP) is -0.929. The maximum Gasteiger partial charge on any atom is 0.316 e. The average Bonchev–Trinajstić information content (AvgIpc) is 2.03. The van der Waals surface area contributed by atoms with Crippen molar-refractivity contribution in [3.05, 3.63) is 0 Å². The Morgan fingerprint density at radius 1 is 1.38 bits per heavy atom. The molecular formula is C7H12N4O2. The van der Waals surface area contributed by atoms with Gasteiger partial charge >= 0.3 is 6.03 Å². The lowest BCUT2D eigenvalue weighted by molar-refractivity contribution is -0.119. The molecule has 0 aliphatic heterocycles. The third-order valence-electron chi connectivity index (χ3n) is 1.32. The molecule has 0 bridgehead atoms. The summed E-state index contributed by atoms with van der Waals surface area (Å²) in [7, 11) is 0. The van der Waals surface area contributed by atoms with Crippen LogP contribution < -0.4 is 16.4 Å². The van der Waals surface area contributed by atoms with Crippen LogP contribution in [0.5, 0.6) is 0 Å². The molecule has 0 rings (SSSR count). The van der Waals surface area contributed by atoms with Crippen molar-refractivity contribution in [2.24, 2.45) is 5.73 Å². The minimum Gasteiger partial charge on any atom is -0.368 e. The van der Waals surface area contributed by atoms with Gasteiger partial charge in [0.05, 0.1) is 6.07 Å². The molecule has 0 aromatic heterocycles. The minimum atomic E-state index is -0.745. The van der Waals surface area contributed by atoms with Gasteiger partial charge in [0.1, 0.15) is 12.1 Å². The maximum absolute atomic E-state index is 10.9. The van der Waals surface area contributed by atoms with Crippen LogP contribution >= 0.6 is 0 Å². The second kappa shape index (κ2) is 4.98. The summed E-state index contributed by atoms with van der Waals surface area (Å²) in [5.74, 6) is -0.625. The zero-order valence-corrected chi connectivity index (χ0v) is 7.50. The van der Waals surface area contributed by atoms with Gasteiger partial charge in [-0.15, -0.1) is 0 Å². The topological polar surface area (TPSA) is 108 Å². The number of urea groups is 1. The first-order valence-corrected chi connectivity index (χ1v) is 3.73. The minimum absolute atomic E-state index is 0.583. The number of rotatable bonds is 3. The van der Waals surface area contributed by atoms with Crippen LogP contribution in [0.1, 0.15) is 13.8 Å². The Labute approximate surface area is 76.1 Å². The van der Waals surface area contributed by atoms with E-state index in [0.717, 1.165) is 0 Å². The summed E-state index contributed by atoms with van der Waals surface area (Å²) in [6.07, 6.45) is 0. The third kappa shape index (κ3) is 4.63. The van der Waals surface area contributed by atoms with Crippen LogP contribution in [0.4, 0.5) is 4.79 Å².